The summed E-state index contributed by atoms with van der Waals surface area (Å²) >= 11 is 0. The van der Waals surface area contributed by atoms with Crippen LogP contribution < -0.4 is 11.0 Å². The van der Waals surface area contributed by atoms with Gasteiger partial charge in [0.05, 0.1) is 0 Å². The van der Waals surface area contributed by atoms with E-state index in [0.717, 1.165) is 26.1 Å². The van der Waals surface area contributed by atoms with Crippen LogP contribution in [-0.4, -0.2) is 58.9 Å². The summed E-state index contributed by atoms with van der Waals surface area (Å²) in [5.74, 6) is -3.89. The lowest BCUT2D eigenvalue weighted by Crippen LogP contribution is -2.44. The van der Waals surface area contributed by atoms with E-state index >= 15 is 0 Å². The van der Waals surface area contributed by atoms with E-state index in [1.165, 1.54) is 0 Å². The molecule has 162 valence electrons. The molecule has 3 unspecified atom stereocenters. The fourth-order valence-electron chi connectivity index (χ4n) is 2.54. The number of aromatic nitrogens is 2. The molecule has 2 heterocycles. The van der Waals surface area contributed by atoms with Crippen molar-refractivity contribution in [3.63, 3.8) is 0 Å². The van der Waals surface area contributed by atoms with Crippen LogP contribution in [-0.2, 0) is 28.5 Å². The van der Waals surface area contributed by atoms with Crippen LogP contribution in [0.4, 0.5) is 19.4 Å². The molecule has 1 fully saturated rings. The van der Waals surface area contributed by atoms with Crippen molar-refractivity contribution in [2.24, 2.45) is 0 Å². The van der Waals surface area contributed by atoms with Gasteiger partial charge in [-0.3, -0.25) is 19.5 Å². The summed E-state index contributed by atoms with van der Waals surface area (Å²) in [7, 11) is 0. The van der Waals surface area contributed by atoms with Gasteiger partial charge in [-0.15, -0.1) is 6.42 Å². The molecule has 2 rings (SSSR count). The van der Waals surface area contributed by atoms with Gasteiger partial charge in [0.15, 0.2) is 12.7 Å². The zero-order chi connectivity index (χ0) is 22.5. The van der Waals surface area contributed by atoms with Gasteiger partial charge in [0.1, 0.15) is 18.5 Å². The predicted molar refractivity (Wildman–Crippen MR) is 93.3 cm³/mol. The number of esters is 2. The Morgan fingerprint density at radius 2 is 2.03 bits per heavy atom. The molecule has 1 aromatic heterocycles. The van der Waals surface area contributed by atoms with Gasteiger partial charge in [0.2, 0.25) is 6.23 Å². The Balaban J connectivity index is 2.27. The molecule has 1 aromatic rings. The number of halogens is 2. The van der Waals surface area contributed by atoms with Crippen molar-refractivity contribution < 1.29 is 42.1 Å². The Bertz CT molecular complexity index is 926. The minimum absolute atomic E-state index is 0.285. The number of terminal acetylenes is 1. The van der Waals surface area contributed by atoms with Gasteiger partial charge in [-0.05, 0) is 6.07 Å². The van der Waals surface area contributed by atoms with Crippen LogP contribution in [0.1, 0.15) is 20.1 Å². The number of nitrogens with one attached hydrogen (secondary N) is 1. The SMILES string of the molecule is C#CCOC(=O)Nc1ccn(C2OC(COC(C)=O)C(OC(C)=O)C2(F)F)c(=O)n1. The number of ether oxygens (including phenoxy) is 4. The maximum atomic E-state index is 14.9. The van der Waals surface area contributed by atoms with Crippen molar-refractivity contribution in [1.82, 2.24) is 9.55 Å². The van der Waals surface area contributed by atoms with Gasteiger partial charge in [-0.1, -0.05) is 5.92 Å². The van der Waals surface area contributed by atoms with Crippen molar-refractivity contribution in [1.29, 1.82) is 0 Å². The van der Waals surface area contributed by atoms with E-state index in [0.29, 0.717) is 4.57 Å². The third kappa shape index (κ3) is 5.29. The number of anilines is 1. The third-order valence-electron chi connectivity index (χ3n) is 3.69. The van der Waals surface area contributed by atoms with Crippen molar-refractivity contribution in [2.45, 2.75) is 38.2 Å². The molecule has 11 nitrogen and oxygen atoms in total. The molecule has 0 saturated carbocycles. The molecule has 1 aliphatic rings. The molecular weight excluding hydrogens is 412 g/mol. The zero-order valence-electron chi connectivity index (χ0n) is 15.8. The summed E-state index contributed by atoms with van der Waals surface area (Å²) in [6.07, 6.45) is -1.06. The first-order chi connectivity index (χ1) is 14.1. The van der Waals surface area contributed by atoms with Crippen LogP contribution in [0.3, 0.4) is 0 Å². The molecule has 13 heteroatoms. The van der Waals surface area contributed by atoms with Crippen molar-refractivity contribution in [2.75, 3.05) is 18.5 Å². The van der Waals surface area contributed by atoms with E-state index in [9.17, 15) is 28.0 Å². The van der Waals surface area contributed by atoms with E-state index in [2.05, 4.69) is 30.4 Å². The Kier molecular flexibility index (Phi) is 7.06. The first-order valence-corrected chi connectivity index (χ1v) is 8.36. The predicted octanol–water partition coefficient (Wildman–Crippen LogP) is 0.452. The quantitative estimate of drug-likeness (QED) is 0.388. The smallest absolute Gasteiger partial charge is 0.413 e. The highest BCUT2D eigenvalue weighted by Gasteiger charge is 2.62. The van der Waals surface area contributed by atoms with Crippen LogP contribution >= 0.6 is 0 Å². The van der Waals surface area contributed by atoms with Crippen molar-refractivity contribution in [3.05, 3.63) is 22.7 Å². The van der Waals surface area contributed by atoms with E-state index < -0.39 is 54.7 Å². The number of nitrogens with zero attached hydrogens (tertiary/aromatic N) is 2. The van der Waals surface area contributed by atoms with Crippen LogP contribution in [0.5, 0.6) is 0 Å². The van der Waals surface area contributed by atoms with Crippen molar-refractivity contribution >= 4 is 23.8 Å². The van der Waals surface area contributed by atoms with Crippen LogP contribution in [0.2, 0.25) is 0 Å². The number of rotatable bonds is 6. The summed E-state index contributed by atoms with van der Waals surface area (Å²) in [6.45, 7) is 1.01. The Morgan fingerprint density at radius 3 is 2.60 bits per heavy atom. The summed E-state index contributed by atoms with van der Waals surface area (Å²) < 4.78 is 49.2. The monoisotopic (exact) mass is 429 g/mol. The second-order valence-electron chi connectivity index (χ2n) is 5.94. The molecule has 3 atom stereocenters. The second kappa shape index (κ2) is 9.31. The van der Waals surface area contributed by atoms with Crippen LogP contribution in [0.25, 0.3) is 0 Å². The highest BCUT2D eigenvalue weighted by molar-refractivity contribution is 5.83. The number of carbonyl (C=O) groups is 3. The lowest BCUT2D eigenvalue weighted by molar-refractivity contribution is -0.174. The number of amides is 1. The van der Waals surface area contributed by atoms with Gasteiger partial charge in [-0.25, -0.2) is 9.59 Å². The van der Waals surface area contributed by atoms with E-state index in [-0.39, 0.29) is 12.4 Å². The molecule has 0 bridgehead atoms. The minimum Gasteiger partial charge on any atom is -0.463 e. The Labute approximate surface area is 168 Å². The number of alkyl halides is 2. The fourth-order valence-corrected chi connectivity index (χ4v) is 2.54. The molecule has 1 N–H and O–H groups in total. The third-order valence-corrected chi connectivity index (χ3v) is 3.69. The molecule has 1 aliphatic heterocycles. The molecular formula is C17H17F2N3O8. The maximum absolute atomic E-state index is 14.9. The highest BCUT2D eigenvalue weighted by Crippen LogP contribution is 2.44. The zero-order valence-corrected chi connectivity index (χ0v) is 15.8. The molecule has 30 heavy (non-hydrogen) atoms. The normalized spacial score (nSPS) is 21.9. The topological polar surface area (TPSA) is 135 Å². The van der Waals surface area contributed by atoms with E-state index in [1.807, 2.05) is 0 Å². The molecule has 0 aliphatic carbocycles. The Morgan fingerprint density at radius 1 is 1.33 bits per heavy atom. The van der Waals surface area contributed by atoms with Gasteiger partial charge >= 0.3 is 29.6 Å². The first kappa shape index (κ1) is 22.8. The fraction of sp³-hybridized carbons (Fsp3) is 0.471. The lowest BCUT2D eigenvalue weighted by atomic mass is 10.1. The average Bonchev–Trinajstić information content (AvgIpc) is 2.88. The lowest BCUT2D eigenvalue weighted by Gasteiger charge is -2.23. The number of hydrogen-bond acceptors (Lipinski definition) is 9. The number of hydrogen-bond donors (Lipinski definition) is 1. The standard InChI is InChI=1S/C17H17F2N3O8/c1-4-7-27-16(26)21-12-5-6-22(15(25)20-12)14-17(18,19)13(29-10(3)24)11(30-14)8-28-9(2)23/h1,5-6,11,13-14H,7-8H2,2-3H3,(H,20,21,25,26). The van der Waals surface area contributed by atoms with E-state index in [1.54, 1.807) is 0 Å². The highest BCUT2D eigenvalue weighted by atomic mass is 19.3. The second-order valence-corrected chi connectivity index (χ2v) is 5.94. The largest absolute Gasteiger partial charge is 0.463 e. The van der Waals surface area contributed by atoms with E-state index in [4.69, 9.17) is 11.2 Å². The molecule has 0 aromatic carbocycles. The Hall–Kier alpha value is -3.53. The van der Waals surface area contributed by atoms with Gasteiger partial charge in [-0.2, -0.15) is 13.8 Å². The van der Waals surface area contributed by atoms with Crippen LogP contribution in [0, 0.1) is 12.3 Å². The number of carbonyl (C=O) groups excluding carboxylic acids is 3. The molecule has 0 radical (unpaired) electrons. The average molecular weight is 429 g/mol. The molecule has 1 amide bonds. The summed E-state index contributed by atoms with van der Waals surface area (Å²) in [4.78, 5) is 49.4. The summed E-state index contributed by atoms with van der Waals surface area (Å²) in [6, 6.07) is 1.04. The molecule has 0 spiro atoms. The molecule has 1 saturated heterocycles. The minimum atomic E-state index is -3.87. The van der Waals surface area contributed by atoms with Crippen molar-refractivity contribution in [3.8, 4) is 12.3 Å². The summed E-state index contributed by atoms with van der Waals surface area (Å²) in [5, 5.41) is 2.10. The van der Waals surface area contributed by atoms with Gasteiger partial charge in [0.25, 0.3) is 0 Å². The van der Waals surface area contributed by atoms with Crippen LogP contribution in [0.15, 0.2) is 17.1 Å². The summed E-state index contributed by atoms with van der Waals surface area (Å²) in [5.41, 5.74) is -1.20. The van der Waals surface area contributed by atoms with Gasteiger partial charge in [0, 0.05) is 20.0 Å². The van der Waals surface area contributed by atoms with Gasteiger partial charge < -0.3 is 18.9 Å². The maximum Gasteiger partial charge on any atom is 0.413 e. The first-order valence-electron chi connectivity index (χ1n) is 8.36.